The largest absolute Gasteiger partial charge is 0.378 e. The molecule has 3 heterocycles. The van der Waals surface area contributed by atoms with Gasteiger partial charge in [-0.05, 0) is 12.1 Å². The van der Waals surface area contributed by atoms with E-state index in [9.17, 15) is 9.18 Å². The van der Waals surface area contributed by atoms with Gasteiger partial charge in [0, 0.05) is 13.1 Å². The van der Waals surface area contributed by atoms with Crippen molar-refractivity contribution in [3.63, 3.8) is 0 Å². The number of fused-ring (bicyclic) bond motifs is 1. The zero-order valence-electron chi connectivity index (χ0n) is 13.1. The molecule has 1 aliphatic rings. The number of para-hydroxylation sites is 1. The van der Waals surface area contributed by atoms with E-state index in [1.54, 1.807) is 18.2 Å². The van der Waals surface area contributed by atoms with Crippen molar-refractivity contribution < 1.29 is 9.13 Å². The molecule has 25 heavy (non-hydrogen) atoms. The molecule has 2 aromatic heterocycles. The summed E-state index contributed by atoms with van der Waals surface area (Å²) in [7, 11) is 0. The Kier molecular flexibility index (Phi) is 4.02. The number of H-pyrrole nitrogens is 1. The van der Waals surface area contributed by atoms with Crippen molar-refractivity contribution in [2.75, 3.05) is 31.2 Å². The Labute approximate surface area is 146 Å². The summed E-state index contributed by atoms with van der Waals surface area (Å²) in [6, 6.07) is 6.17. The van der Waals surface area contributed by atoms with Crippen LogP contribution in [0.25, 0.3) is 16.7 Å². The maximum Gasteiger partial charge on any atom is 0.264 e. The van der Waals surface area contributed by atoms with Crippen molar-refractivity contribution in [1.29, 1.82) is 0 Å². The molecular weight excluding hydrogens is 345 g/mol. The smallest absolute Gasteiger partial charge is 0.264 e. The zero-order chi connectivity index (χ0) is 17.4. The molecule has 1 aliphatic heterocycles. The second-order valence-corrected chi connectivity index (χ2v) is 5.95. The highest BCUT2D eigenvalue weighted by Crippen LogP contribution is 2.17. The van der Waals surface area contributed by atoms with E-state index in [-0.39, 0.29) is 21.4 Å². The lowest BCUT2D eigenvalue weighted by Crippen LogP contribution is -2.38. The standard InChI is InChI=1S/C16H14FN5O2S/c17-10-3-1-2-4-11(10)22-9-18-13-12(15(22)25)14(23)20-16(19-13)21-5-7-24-8-6-21/h1-4,9H,5-8H2,(H,19,20,23). The lowest BCUT2D eigenvalue weighted by atomic mass is 10.3. The molecule has 4 rings (SSSR count). The van der Waals surface area contributed by atoms with E-state index in [1.807, 2.05) is 4.90 Å². The number of anilines is 1. The van der Waals surface area contributed by atoms with Crippen LogP contribution < -0.4 is 10.5 Å². The van der Waals surface area contributed by atoms with Crippen LogP contribution in [-0.4, -0.2) is 45.8 Å². The number of halogens is 1. The van der Waals surface area contributed by atoms with E-state index in [0.29, 0.717) is 32.3 Å². The van der Waals surface area contributed by atoms with Gasteiger partial charge >= 0.3 is 0 Å². The van der Waals surface area contributed by atoms with Gasteiger partial charge in [0.1, 0.15) is 22.2 Å². The van der Waals surface area contributed by atoms with Gasteiger partial charge in [-0.25, -0.2) is 9.37 Å². The first-order valence-corrected chi connectivity index (χ1v) is 8.15. The van der Waals surface area contributed by atoms with Crippen molar-refractivity contribution in [3.05, 3.63) is 51.4 Å². The topological polar surface area (TPSA) is 76.0 Å². The molecule has 0 radical (unpaired) electrons. The third kappa shape index (κ3) is 2.81. The molecule has 128 valence electrons. The minimum atomic E-state index is -0.450. The number of morpholine rings is 1. The van der Waals surface area contributed by atoms with Gasteiger partial charge in [0.2, 0.25) is 5.95 Å². The maximum absolute atomic E-state index is 14.0. The molecule has 1 saturated heterocycles. The summed E-state index contributed by atoms with van der Waals surface area (Å²) in [5.41, 5.74) is 0.0797. The number of nitrogens with zero attached hydrogens (tertiary/aromatic N) is 4. The van der Waals surface area contributed by atoms with Crippen molar-refractivity contribution in [2.45, 2.75) is 0 Å². The Morgan fingerprint density at radius 1 is 1.24 bits per heavy atom. The minimum Gasteiger partial charge on any atom is -0.378 e. The van der Waals surface area contributed by atoms with Crippen molar-refractivity contribution >= 4 is 29.2 Å². The highest BCUT2D eigenvalue weighted by atomic mass is 32.1. The van der Waals surface area contributed by atoms with Gasteiger partial charge in [-0.2, -0.15) is 4.98 Å². The molecule has 1 N–H and O–H groups in total. The van der Waals surface area contributed by atoms with Crippen LogP contribution in [0.4, 0.5) is 10.3 Å². The molecule has 0 amide bonds. The van der Waals surface area contributed by atoms with Gasteiger partial charge in [-0.1, -0.05) is 24.4 Å². The molecule has 0 unspecified atom stereocenters. The fourth-order valence-corrected chi connectivity index (χ4v) is 3.09. The van der Waals surface area contributed by atoms with E-state index >= 15 is 0 Å². The second kappa shape index (κ2) is 6.34. The molecule has 3 aromatic rings. The lowest BCUT2D eigenvalue weighted by Gasteiger charge is -2.27. The van der Waals surface area contributed by atoms with Crippen LogP contribution in [-0.2, 0) is 4.74 Å². The summed E-state index contributed by atoms with van der Waals surface area (Å²) in [5, 5.41) is 0.165. The Hall–Kier alpha value is -2.65. The Bertz CT molecular complexity index is 1060. The monoisotopic (exact) mass is 359 g/mol. The number of aromatic amines is 1. The number of hydrogen-bond donors (Lipinski definition) is 1. The van der Waals surface area contributed by atoms with Crippen LogP contribution in [0.2, 0.25) is 0 Å². The first-order chi connectivity index (χ1) is 12.1. The van der Waals surface area contributed by atoms with Gasteiger partial charge in [0.05, 0.1) is 18.9 Å². The predicted molar refractivity (Wildman–Crippen MR) is 93.3 cm³/mol. The van der Waals surface area contributed by atoms with Crippen LogP contribution in [0.5, 0.6) is 0 Å². The summed E-state index contributed by atoms with van der Waals surface area (Å²) in [4.78, 5) is 25.9. The van der Waals surface area contributed by atoms with E-state index in [0.717, 1.165) is 0 Å². The Morgan fingerprint density at radius 2 is 2.00 bits per heavy atom. The molecular formula is C16H14FN5O2S. The number of hydrogen-bond acceptors (Lipinski definition) is 6. The molecule has 0 bridgehead atoms. The first kappa shape index (κ1) is 15.9. The number of benzene rings is 1. The maximum atomic E-state index is 14.0. The molecule has 0 aliphatic carbocycles. The second-order valence-electron chi connectivity index (χ2n) is 5.56. The van der Waals surface area contributed by atoms with Crippen LogP contribution in [0.3, 0.4) is 0 Å². The molecule has 9 heteroatoms. The number of ether oxygens (including phenoxy) is 1. The minimum absolute atomic E-state index is 0.164. The van der Waals surface area contributed by atoms with Crippen LogP contribution in [0, 0.1) is 10.5 Å². The fraction of sp³-hybridized carbons (Fsp3) is 0.250. The van der Waals surface area contributed by atoms with Crippen molar-refractivity contribution in [2.24, 2.45) is 0 Å². The van der Waals surface area contributed by atoms with Gasteiger partial charge in [-0.3, -0.25) is 14.3 Å². The molecule has 1 fully saturated rings. The molecule has 1 aromatic carbocycles. The number of rotatable bonds is 2. The van der Waals surface area contributed by atoms with Gasteiger partial charge < -0.3 is 9.64 Å². The normalized spacial score (nSPS) is 14.8. The highest BCUT2D eigenvalue weighted by Gasteiger charge is 2.17. The van der Waals surface area contributed by atoms with Gasteiger partial charge in [-0.15, -0.1) is 0 Å². The van der Waals surface area contributed by atoms with Crippen LogP contribution >= 0.6 is 12.2 Å². The van der Waals surface area contributed by atoms with Gasteiger partial charge in [0.25, 0.3) is 5.56 Å². The van der Waals surface area contributed by atoms with Gasteiger partial charge in [0.15, 0.2) is 5.65 Å². The van der Waals surface area contributed by atoms with E-state index in [4.69, 9.17) is 17.0 Å². The first-order valence-electron chi connectivity index (χ1n) is 7.74. The van der Waals surface area contributed by atoms with Crippen molar-refractivity contribution in [3.8, 4) is 5.69 Å². The molecule has 0 saturated carbocycles. The predicted octanol–water partition coefficient (Wildman–Crippen LogP) is 1.81. The van der Waals surface area contributed by atoms with E-state index < -0.39 is 11.4 Å². The fourth-order valence-electron chi connectivity index (χ4n) is 2.76. The number of nitrogens with one attached hydrogen (secondary N) is 1. The summed E-state index contributed by atoms with van der Waals surface area (Å²) in [5.74, 6) is -0.0135. The van der Waals surface area contributed by atoms with Crippen LogP contribution in [0.15, 0.2) is 35.4 Å². The lowest BCUT2D eigenvalue weighted by molar-refractivity contribution is 0.122. The summed E-state index contributed by atoms with van der Waals surface area (Å²) < 4.78 is 20.9. The molecule has 0 atom stereocenters. The van der Waals surface area contributed by atoms with Crippen LogP contribution in [0.1, 0.15) is 0 Å². The zero-order valence-corrected chi connectivity index (χ0v) is 13.9. The summed E-state index contributed by atoms with van der Waals surface area (Å²) >= 11 is 5.39. The average molecular weight is 359 g/mol. The molecule has 0 spiro atoms. The SMILES string of the molecule is O=c1[nH]c(N2CCOCC2)nc2ncn(-c3ccccc3F)c(=S)c12. The summed E-state index contributed by atoms with van der Waals surface area (Å²) in [6.45, 7) is 2.42. The third-order valence-electron chi connectivity index (χ3n) is 4.04. The summed E-state index contributed by atoms with van der Waals surface area (Å²) in [6.07, 6.45) is 1.39. The van der Waals surface area contributed by atoms with Crippen molar-refractivity contribution in [1.82, 2.24) is 19.5 Å². The molecule has 7 nitrogen and oxygen atoms in total. The Morgan fingerprint density at radius 3 is 2.76 bits per heavy atom. The number of aromatic nitrogens is 4. The van der Waals surface area contributed by atoms with E-state index in [2.05, 4.69) is 15.0 Å². The van der Waals surface area contributed by atoms with E-state index in [1.165, 1.54) is 17.0 Å². The highest BCUT2D eigenvalue weighted by molar-refractivity contribution is 7.71. The quantitative estimate of drug-likeness (QED) is 0.704. The Balaban J connectivity index is 1.88. The third-order valence-corrected chi connectivity index (χ3v) is 4.44. The average Bonchev–Trinajstić information content (AvgIpc) is 2.63.